The standard InChI is InChI=1S/C37H54O14/c1-20(5-11-31(44)48-4)23-6-7-24-35-25(19-27(37(23,24)3)51-34(47)14-10-30(42)43)36(2)16-15-22(49-32(45)12-8-28(38)39)17-21(36)18-26(35)50-33(46)13-9-29(40)41/h20-27,35H,5-19H2,1-4H3,(H,38,39)(H,40,41)(H,42,43). The molecule has 0 saturated heterocycles. The summed E-state index contributed by atoms with van der Waals surface area (Å²) in [4.78, 5) is 84.6. The molecule has 0 amide bonds. The molecule has 286 valence electrons. The van der Waals surface area contributed by atoms with E-state index in [-0.39, 0.29) is 91.8 Å². The third-order valence-electron chi connectivity index (χ3n) is 13.0. The van der Waals surface area contributed by atoms with Crippen LogP contribution in [0, 0.1) is 46.3 Å². The third-order valence-corrected chi connectivity index (χ3v) is 13.0. The Hall–Kier alpha value is -3.71. The lowest BCUT2D eigenvalue weighted by molar-refractivity contribution is -0.226. The van der Waals surface area contributed by atoms with Crippen LogP contribution in [0.25, 0.3) is 0 Å². The summed E-state index contributed by atoms with van der Waals surface area (Å²) in [7, 11) is 1.35. The second-order valence-electron chi connectivity index (χ2n) is 15.7. The molecule has 4 fully saturated rings. The highest BCUT2D eigenvalue weighted by Gasteiger charge is 2.67. The van der Waals surface area contributed by atoms with Crippen LogP contribution in [-0.4, -0.2) is 82.5 Å². The van der Waals surface area contributed by atoms with E-state index in [2.05, 4.69) is 20.8 Å². The minimum absolute atomic E-state index is 0.0280. The summed E-state index contributed by atoms with van der Waals surface area (Å²) in [5.74, 6) is -5.74. The minimum Gasteiger partial charge on any atom is -0.481 e. The van der Waals surface area contributed by atoms with Crippen molar-refractivity contribution in [3.05, 3.63) is 0 Å². The number of carbonyl (C=O) groups is 7. The SMILES string of the molecule is COC(=O)CCC(C)C1CCC2C3C(OC(=O)CCC(=O)O)CC4CC(OC(=O)CCC(=O)O)CCC4(C)C3CC(OC(=O)CCC(=O)O)C12C. The van der Waals surface area contributed by atoms with Crippen molar-refractivity contribution in [3.63, 3.8) is 0 Å². The maximum absolute atomic E-state index is 13.2. The van der Waals surface area contributed by atoms with E-state index < -0.39 is 59.5 Å². The van der Waals surface area contributed by atoms with Gasteiger partial charge in [-0.25, -0.2) is 0 Å². The molecule has 0 aromatic heterocycles. The molecule has 11 atom stereocenters. The van der Waals surface area contributed by atoms with Crippen molar-refractivity contribution < 1.29 is 67.8 Å². The molecule has 0 aliphatic heterocycles. The number of esters is 4. The zero-order chi connectivity index (χ0) is 37.7. The second kappa shape index (κ2) is 16.8. The van der Waals surface area contributed by atoms with Gasteiger partial charge in [0.1, 0.15) is 18.3 Å². The number of fused-ring (bicyclic) bond motifs is 5. The Kier molecular flexibility index (Phi) is 13.2. The Balaban J connectivity index is 1.69. The first-order valence-corrected chi connectivity index (χ1v) is 18.3. The van der Waals surface area contributed by atoms with Crippen molar-refractivity contribution >= 4 is 41.8 Å². The van der Waals surface area contributed by atoms with Gasteiger partial charge in [-0.3, -0.25) is 33.6 Å². The van der Waals surface area contributed by atoms with Crippen LogP contribution in [0.2, 0.25) is 0 Å². The van der Waals surface area contributed by atoms with E-state index >= 15 is 0 Å². The topological polar surface area (TPSA) is 217 Å². The lowest BCUT2D eigenvalue weighted by Crippen LogP contribution is -2.63. The fraction of sp³-hybridized carbons (Fsp3) is 0.811. The quantitative estimate of drug-likeness (QED) is 0.144. The van der Waals surface area contributed by atoms with Crippen molar-refractivity contribution in [2.24, 2.45) is 46.3 Å². The van der Waals surface area contributed by atoms with Crippen LogP contribution < -0.4 is 0 Å². The van der Waals surface area contributed by atoms with Crippen LogP contribution >= 0.6 is 0 Å². The molecule has 11 unspecified atom stereocenters. The smallest absolute Gasteiger partial charge is 0.306 e. The summed E-state index contributed by atoms with van der Waals surface area (Å²) in [5.41, 5.74) is -0.929. The molecule has 51 heavy (non-hydrogen) atoms. The van der Waals surface area contributed by atoms with Crippen LogP contribution in [0.5, 0.6) is 0 Å². The molecule has 0 spiro atoms. The van der Waals surface area contributed by atoms with Gasteiger partial charge < -0.3 is 34.3 Å². The largest absolute Gasteiger partial charge is 0.481 e. The lowest BCUT2D eigenvalue weighted by atomic mass is 9.43. The van der Waals surface area contributed by atoms with E-state index in [1.54, 1.807) is 0 Å². The molecule has 4 aliphatic carbocycles. The summed E-state index contributed by atoms with van der Waals surface area (Å²) in [6, 6.07) is 0. The van der Waals surface area contributed by atoms with Crippen LogP contribution in [0.1, 0.15) is 117 Å². The Morgan fingerprint density at radius 3 is 1.80 bits per heavy atom. The normalized spacial score (nSPS) is 34.4. The van der Waals surface area contributed by atoms with Gasteiger partial charge in [0, 0.05) is 17.8 Å². The Morgan fingerprint density at radius 1 is 0.667 bits per heavy atom. The molecule has 14 nitrogen and oxygen atoms in total. The monoisotopic (exact) mass is 722 g/mol. The minimum atomic E-state index is -1.11. The fourth-order valence-corrected chi connectivity index (χ4v) is 10.4. The average molecular weight is 723 g/mol. The average Bonchev–Trinajstić information content (AvgIpc) is 3.43. The Labute approximate surface area is 298 Å². The molecule has 0 aromatic rings. The first-order chi connectivity index (χ1) is 24.0. The molecular formula is C37H54O14. The highest BCUT2D eigenvalue weighted by molar-refractivity contribution is 5.78. The van der Waals surface area contributed by atoms with Gasteiger partial charge >= 0.3 is 41.8 Å². The van der Waals surface area contributed by atoms with E-state index in [0.29, 0.717) is 38.5 Å². The number of hydrogen-bond donors (Lipinski definition) is 3. The highest BCUT2D eigenvalue weighted by atomic mass is 16.6. The maximum Gasteiger partial charge on any atom is 0.306 e. The zero-order valence-electron chi connectivity index (χ0n) is 30.1. The summed E-state index contributed by atoms with van der Waals surface area (Å²) < 4.78 is 23.1. The van der Waals surface area contributed by atoms with Crippen molar-refractivity contribution in [2.75, 3.05) is 7.11 Å². The van der Waals surface area contributed by atoms with E-state index in [0.717, 1.165) is 12.8 Å². The highest BCUT2D eigenvalue weighted by Crippen LogP contribution is 2.69. The predicted octanol–water partition coefficient (Wildman–Crippen LogP) is 4.78. The van der Waals surface area contributed by atoms with Gasteiger partial charge in [-0.2, -0.15) is 0 Å². The summed E-state index contributed by atoms with van der Waals surface area (Å²) in [6.45, 7) is 6.38. The number of rotatable bonds is 16. The molecule has 0 heterocycles. The first-order valence-electron chi connectivity index (χ1n) is 18.3. The van der Waals surface area contributed by atoms with Crippen molar-refractivity contribution in [1.29, 1.82) is 0 Å². The van der Waals surface area contributed by atoms with Gasteiger partial charge in [0.25, 0.3) is 0 Å². The van der Waals surface area contributed by atoms with E-state index in [4.69, 9.17) is 24.1 Å². The number of carboxylic acids is 3. The Bertz CT molecular complexity index is 1340. The van der Waals surface area contributed by atoms with E-state index in [1.165, 1.54) is 7.11 Å². The van der Waals surface area contributed by atoms with Gasteiger partial charge in [0.2, 0.25) is 0 Å². The van der Waals surface area contributed by atoms with Gasteiger partial charge in [-0.05, 0) is 86.4 Å². The molecule has 4 rings (SSSR count). The van der Waals surface area contributed by atoms with E-state index in [9.17, 15) is 43.8 Å². The molecule has 0 bridgehead atoms. The second-order valence-corrected chi connectivity index (χ2v) is 15.7. The Morgan fingerprint density at radius 2 is 1.24 bits per heavy atom. The molecule has 0 radical (unpaired) electrons. The number of carboxylic acid groups (broad SMARTS) is 3. The van der Waals surface area contributed by atoms with Crippen LogP contribution in [0.3, 0.4) is 0 Å². The summed E-state index contributed by atoms with van der Waals surface area (Å²) in [6.07, 6.45) is 1.45. The lowest BCUT2D eigenvalue weighted by Gasteiger charge is -2.64. The molecule has 4 saturated carbocycles. The molecule has 4 aliphatic rings. The predicted molar refractivity (Wildman–Crippen MR) is 177 cm³/mol. The van der Waals surface area contributed by atoms with Crippen molar-refractivity contribution in [3.8, 4) is 0 Å². The van der Waals surface area contributed by atoms with Crippen LogP contribution in [-0.2, 0) is 52.5 Å². The summed E-state index contributed by atoms with van der Waals surface area (Å²) in [5, 5.41) is 27.5. The first kappa shape index (κ1) is 40.1. The van der Waals surface area contributed by atoms with Gasteiger partial charge in [0.15, 0.2) is 0 Å². The zero-order valence-corrected chi connectivity index (χ0v) is 30.1. The number of carbonyl (C=O) groups excluding carboxylic acids is 4. The van der Waals surface area contributed by atoms with Gasteiger partial charge in [0.05, 0.1) is 45.6 Å². The van der Waals surface area contributed by atoms with Gasteiger partial charge in [-0.15, -0.1) is 0 Å². The third kappa shape index (κ3) is 9.21. The van der Waals surface area contributed by atoms with Crippen molar-refractivity contribution in [2.45, 2.75) is 135 Å². The van der Waals surface area contributed by atoms with E-state index in [1.807, 2.05) is 0 Å². The molecule has 14 heteroatoms. The molecular weight excluding hydrogens is 668 g/mol. The molecule has 3 N–H and O–H groups in total. The van der Waals surface area contributed by atoms with Crippen molar-refractivity contribution in [1.82, 2.24) is 0 Å². The number of aliphatic carboxylic acids is 3. The number of methoxy groups -OCH3 is 1. The number of ether oxygens (including phenoxy) is 4. The van der Waals surface area contributed by atoms with Crippen LogP contribution in [0.4, 0.5) is 0 Å². The fourth-order valence-electron chi connectivity index (χ4n) is 10.4. The number of hydrogen-bond acceptors (Lipinski definition) is 11. The summed E-state index contributed by atoms with van der Waals surface area (Å²) >= 11 is 0. The van der Waals surface area contributed by atoms with Crippen LogP contribution in [0.15, 0.2) is 0 Å². The van der Waals surface area contributed by atoms with Gasteiger partial charge in [-0.1, -0.05) is 20.8 Å². The maximum atomic E-state index is 13.2. The molecule has 0 aromatic carbocycles.